The van der Waals surface area contributed by atoms with E-state index in [0.29, 0.717) is 12.4 Å². The van der Waals surface area contributed by atoms with Gasteiger partial charge in [-0.3, -0.25) is 4.68 Å². The van der Waals surface area contributed by atoms with Gasteiger partial charge >= 0.3 is 0 Å². The predicted octanol–water partition coefficient (Wildman–Crippen LogP) is 3.89. The average molecular weight is 312 g/mol. The Morgan fingerprint density at radius 3 is 2.40 bits per heavy atom. The number of nitrogens with zero attached hydrogens (tertiary/aromatic N) is 2. The maximum Gasteiger partial charge on any atom is 0.0860 e. The fourth-order valence-corrected chi connectivity index (χ4v) is 2.49. The highest BCUT2D eigenvalue weighted by Gasteiger charge is 2.11. The third-order valence-electron chi connectivity index (χ3n) is 3.25. The van der Waals surface area contributed by atoms with Crippen LogP contribution in [0.4, 0.5) is 0 Å². The van der Waals surface area contributed by atoms with Gasteiger partial charge in [-0.15, -0.1) is 11.6 Å². The number of hydrogen-bond acceptors (Lipinski definition) is 2. The zero-order valence-corrected chi connectivity index (χ0v) is 13.3. The first-order valence-corrected chi connectivity index (χ1v) is 7.63. The minimum atomic E-state index is 0.554. The molecule has 0 spiro atoms. The molecule has 1 aromatic heterocycles. The van der Waals surface area contributed by atoms with Crippen LogP contribution in [0.1, 0.15) is 29.4 Å². The highest BCUT2D eigenvalue weighted by molar-refractivity contribution is 6.31. The quantitative estimate of drug-likeness (QED) is 0.820. The third kappa shape index (κ3) is 3.54. The van der Waals surface area contributed by atoms with Crippen molar-refractivity contribution in [2.24, 2.45) is 0 Å². The summed E-state index contributed by atoms with van der Waals surface area (Å²) >= 11 is 12.1. The lowest BCUT2D eigenvalue weighted by Crippen LogP contribution is -2.16. The number of nitrogens with one attached hydrogen (secondary N) is 1. The van der Waals surface area contributed by atoms with E-state index in [2.05, 4.69) is 41.6 Å². The molecular formula is C15H19Cl2N3. The summed E-state index contributed by atoms with van der Waals surface area (Å²) in [6, 6.07) is 8.29. The summed E-state index contributed by atoms with van der Waals surface area (Å²) in [5.74, 6) is 0.554. The fraction of sp³-hybridized carbons (Fsp3) is 0.400. The van der Waals surface area contributed by atoms with E-state index in [1.54, 1.807) is 0 Å². The van der Waals surface area contributed by atoms with Crippen LogP contribution in [0.3, 0.4) is 0 Å². The molecule has 0 atom stereocenters. The zero-order valence-electron chi connectivity index (χ0n) is 11.8. The number of hydrogen-bond donors (Lipinski definition) is 1. The highest BCUT2D eigenvalue weighted by atomic mass is 35.5. The molecule has 108 valence electrons. The summed E-state index contributed by atoms with van der Waals surface area (Å²) < 4.78 is 1.95. The lowest BCUT2D eigenvalue weighted by atomic mass is 10.1. The number of halogens is 2. The minimum absolute atomic E-state index is 0.554. The van der Waals surface area contributed by atoms with Crippen molar-refractivity contribution < 1.29 is 0 Å². The van der Waals surface area contributed by atoms with Gasteiger partial charge < -0.3 is 5.32 Å². The molecule has 0 aliphatic carbocycles. The van der Waals surface area contributed by atoms with Gasteiger partial charge in [-0.05, 0) is 25.0 Å². The van der Waals surface area contributed by atoms with Crippen molar-refractivity contribution in [1.82, 2.24) is 15.1 Å². The monoisotopic (exact) mass is 311 g/mol. The van der Waals surface area contributed by atoms with Gasteiger partial charge in [-0.1, -0.05) is 35.9 Å². The van der Waals surface area contributed by atoms with Crippen LogP contribution >= 0.6 is 23.2 Å². The second-order valence-corrected chi connectivity index (χ2v) is 5.36. The highest BCUT2D eigenvalue weighted by Crippen LogP contribution is 2.20. The van der Waals surface area contributed by atoms with E-state index in [9.17, 15) is 0 Å². The Balaban J connectivity index is 1.95. The standard InChI is InChI=1S/C15H19Cl2N3/c1-3-20-14(15(17)11(2)19-20)10-18-9-13-6-4-12(8-16)5-7-13/h4-7,18H,3,8-10H2,1-2H3. The van der Waals surface area contributed by atoms with Crippen LogP contribution in [0, 0.1) is 6.92 Å². The Bertz CT molecular complexity index is 561. The van der Waals surface area contributed by atoms with Gasteiger partial charge in [0.25, 0.3) is 0 Å². The molecule has 0 saturated heterocycles. The minimum Gasteiger partial charge on any atom is -0.307 e. The zero-order chi connectivity index (χ0) is 14.5. The molecule has 0 aliphatic rings. The molecule has 0 radical (unpaired) electrons. The number of benzene rings is 1. The van der Waals surface area contributed by atoms with Crippen molar-refractivity contribution in [1.29, 1.82) is 0 Å². The molecule has 5 heteroatoms. The Labute approximate surface area is 129 Å². The predicted molar refractivity (Wildman–Crippen MR) is 84.2 cm³/mol. The molecule has 0 aliphatic heterocycles. The van der Waals surface area contributed by atoms with Crippen LogP contribution < -0.4 is 5.32 Å². The third-order valence-corrected chi connectivity index (χ3v) is 4.05. The van der Waals surface area contributed by atoms with Crippen LogP contribution in [0.15, 0.2) is 24.3 Å². The number of aromatic nitrogens is 2. The molecule has 0 amide bonds. The van der Waals surface area contributed by atoms with Gasteiger partial charge in [0.2, 0.25) is 0 Å². The van der Waals surface area contributed by atoms with Gasteiger partial charge in [-0.2, -0.15) is 5.10 Å². The van der Waals surface area contributed by atoms with Crippen LogP contribution in [0.2, 0.25) is 5.02 Å². The SMILES string of the molecule is CCn1nc(C)c(Cl)c1CNCc1ccc(CCl)cc1. The van der Waals surface area contributed by atoms with E-state index in [4.69, 9.17) is 23.2 Å². The van der Waals surface area contributed by atoms with Crippen molar-refractivity contribution in [2.75, 3.05) is 0 Å². The fourth-order valence-electron chi connectivity index (χ4n) is 2.11. The molecule has 0 saturated carbocycles. The van der Waals surface area contributed by atoms with Gasteiger partial charge in [0, 0.05) is 25.5 Å². The lowest BCUT2D eigenvalue weighted by molar-refractivity contribution is 0.579. The van der Waals surface area contributed by atoms with Crippen LogP contribution in [0.25, 0.3) is 0 Å². The summed E-state index contributed by atoms with van der Waals surface area (Å²) in [7, 11) is 0. The average Bonchev–Trinajstić information content (AvgIpc) is 2.75. The van der Waals surface area contributed by atoms with E-state index in [1.165, 1.54) is 5.56 Å². The van der Waals surface area contributed by atoms with E-state index in [1.807, 2.05) is 11.6 Å². The molecule has 0 fully saturated rings. The molecule has 0 unspecified atom stereocenters. The lowest BCUT2D eigenvalue weighted by Gasteiger charge is -2.08. The molecule has 1 aromatic carbocycles. The Hall–Kier alpha value is -1.03. The molecule has 2 aromatic rings. The van der Waals surface area contributed by atoms with E-state index >= 15 is 0 Å². The van der Waals surface area contributed by atoms with Crippen LogP contribution in [-0.4, -0.2) is 9.78 Å². The van der Waals surface area contributed by atoms with Gasteiger partial charge in [0.1, 0.15) is 0 Å². The molecule has 20 heavy (non-hydrogen) atoms. The summed E-state index contributed by atoms with van der Waals surface area (Å²) in [6.45, 7) is 6.34. The van der Waals surface area contributed by atoms with Crippen molar-refractivity contribution in [3.63, 3.8) is 0 Å². The Morgan fingerprint density at radius 1 is 1.15 bits per heavy atom. The molecule has 3 nitrogen and oxygen atoms in total. The largest absolute Gasteiger partial charge is 0.307 e. The molecular weight excluding hydrogens is 293 g/mol. The first kappa shape index (κ1) is 15.4. The first-order valence-electron chi connectivity index (χ1n) is 6.72. The maximum absolute atomic E-state index is 6.28. The topological polar surface area (TPSA) is 29.9 Å². The Morgan fingerprint density at radius 2 is 1.80 bits per heavy atom. The second-order valence-electron chi connectivity index (χ2n) is 4.72. The van der Waals surface area contributed by atoms with Crippen molar-refractivity contribution in [2.45, 2.75) is 39.4 Å². The van der Waals surface area contributed by atoms with Crippen molar-refractivity contribution in [3.8, 4) is 0 Å². The molecule has 0 bridgehead atoms. The molecule has 2 rings (SSSR count). The van der Waals surface area contributed by atoms with Gasteiger partial charge in [0.05, 0.1) is 16.4 Å². The van der Waals surface area contributed by atoms with Gasteiger partial charge in [0.15, 0.2) is 0 Å². The van der Waals surface area contributed by atoms with Crippen LogP contribution in [0.5, 0.6) is 0 Å². The van der Waals surface area contributed by atoms with Crippen molar-refractivity contribution in [3.05, 3.63) is 51.8 Å². The first-order chi connectivity index (χ1) is 9.65. The normalized spacial score (nSPS) is 11.0. The number of aryl methyl sites for hydroxylation is 2. The second kappa shape index (κ2) is 7.11. The smallest absolute Gasteiger partial charge is 0.0860 e. The van der Waals surface area contributed by atoms with Crippen molar-refractivity contribution >= 4 is 23.2 Å². The summed E-state index contributed by atoms with van der Waals surface area (Å²) in [4.78, 5) is 0. The van der Waals surface area contributed by atoms with Crippen LogP contribution in [-0.2, 0) is 25.5 Å². The number of alkyl halides is 1. The van der Waals surface area contributed by atoms with E-state index < -0.39 is 0 Å². The van der Waals surface area contributed by atoms with E-state index in [0.717, 1.165) is 35.1 Å². The summed E-state index contributed by atoms with van der Waals surface area (Å²) in [6.07, 6.45) is 0. The molecule has 1 heterocycles. The number of rotatable bonds is 6. The van der Waals surface area contributed by atoms with E-state index in [-0.39, 0.29) is 0 Å². The maximum atomic E-state index is 6.28. The Kier molecular flexibility index (Phi) is 5.46. The molecule has 1 N–H and O–H groups in total. The van der Waals surface area contributed by atoms with Gasteiger partial charge in [-0.25, -0.2) is 0 Å². The summed E-state index contributed by atoms with van der Waals surface area (Å²) in [5.41, 5.74) is 4.30. The summed E-state index contributed by atoms with van der Waals surface area (Å²) in [5, 5.41) is 8.57.